The van der Waals surface area contributed by atoms with Gasteiger partial charge in [0, 0.05) is 36.6 Å². The van der Waals surface area contributed by atoms with Crippen LogP contribution >= 0.6 is 0 Å². The number of hydrogen-bond acceptors (Lipinski definition) is 4. The van der Waals surface area contributed by atoms with Crippen molar-refractivity contribution in [1.29, 1.82) is 0 Å². The van der Waals surface area contributed by atoms with Crippen molar-refractivity contribution in [3.63, 3.8) is 0 Å². The molecule has 0 aliphatic heterocycles. The summed E-state index contributed by atoms with van der Waals surface area (Å²) < 4.78 is 5.88. The predicted molar refractivity (Wildman–Crippen MR) is 97.1 cm³/mol. The van der Waals surface area contributed by atoms with E-state index < -0.39 is 0 Å². The van der Waals surface area contributed by atoms with Crippen LogP contribution in [0.15, 0.2) is 53.5 Å². The standard InChI is InChI=1S/C18H31N3O/c1-8-11-21(7)12-13-22-18(14-19-10-3)16(5)17(6)20-15(4)9-2/h8,14,20H,1,4,6,9-13H2,2-3,5,7H3/b18-16-,19-14?. The summed E-state index contributed by atoms with van der Waals surface area (Å²) >= 11 is 0. The Morgan fingerprint density at radius 2 is 2.00 bits per heavy atom. The van der Waals surface area contributed by atoms with Gasteiger partial charge in [0.25, 0.3) is 0 Å². The van der Waals surface area contributed by atoms with E-state index in [0.29, 0.717) is 6.61 Å². The number of nitrogens with zero attached hydrogens (tertiary/aromatic N) is 2. The molecule has 4 heteroatoms. The molecule has 1 N–H and O–H groups in total. The molecule has 0 aliphatic rings. The fourth-order valence-electron chi connectivity index (χ4n) is 1.58. The molecule has 0 aliphatic carbocycles. The van der Waals surface area contributed by atoms with Gasteiger partial charge in [-0.15, -0.1) is 6.58 Å². The molecule has 0 saturated carbocycles. The van der Waals surface area contributed by atoms with Gasteiger partial charge in [-0.1, -0.05) is 26.2 Å². The molecule has 22 heavy (non-hydrogen) atoms. The minimum atomic E-state index is 0.592. The van der Waals surface area contributed by atoms with Gasteiger partial charge in [-0.2, -0.15) is 0 Å². The number of likely N-dealkylation sites (N-methyl/N-ethyl adjacent to an activating group) is 1. The van der Waals surface area contributed by atoms with E-state index in [9.17, 15) is 0 Å². The zero-order chi connectivity index (χ0) is 17.0. The molecule has 4 nitrogen and oxygen atoms in total. The largest absolute Gasteiger partial charge is 0.490 e. The van der Waals surface area contributed by atoms with E-state index in [1.807, 2.05) is 33.9 Å². The average molecular weight is 305 g/mol. The van der Waals surface area contributed by atoms with Crippen LogP contribution in [-0.2, 0) is 4.74 Å². The second-order valence-electron chi connectivity index (χ2n) is 5.08. The number of ether oxygens (including phenoxy) is 1. The van der Waals surface area contributed by atoms with E-state index in [0.717, 1.165) is 48.8 Å². The summed E-state index contributed by atoms with van der Waals surface area (Å²) in [6.45, 7) is 20.7. The van der Waals surface area contributed by atoms with Crippen LogP contribution in [-0.4, -0.2) is 44.4 Å². The van der Waals surface area contributed by atoms with Crippen molar-refractivity contribution < 1.29 is 4.74 Å². The zero-order valence-electron chi connectivity index (χ0n) is 14.6. The zero-order valence-corrected chi connectivity index (χ0v) is 14.6. The molecular formula is C18H31N3O. The summed E-state index contributed by atoms with van der Waals surface area (Å²) in [6.07, 6.45) is 4.50. The molecule has 0 bridgehead atoms. The topological polar surface area (TPSA) is 36.9 Å². The quantitative estimate of drug-likeness (QED) is 0.259. The van der Waals surface area contributed by atoms with E-state index in [4.69, 9.17) is 4.74 Å². The van der Waals surface area contributed by atoms with Crippen molar-refractivity contribution in [2.75, 3.05) is 33.3 Å². The van der Waals surface area contributed by atoms with Gasteiger partial charge in [0.1, 0.15) is 12.4 Å². The van der Waals surface area contributed by atoms with Crippen LogP contribution in [0.4, 0.5) is 0 Å². The lowest BCUT2D eigenvalue weighted by atomic mass is 10.2. The maximum atomic E-state index is 5.88. The van der Waals surface area contributed by atoms with Crippen LogP contribution in [0.3, 0.4) is 0 Å². The Morgan fingerprint density at radius 3 is 2.55 bits per heavy atom. The normalized spacial score (nSPS) is 12.2. The first-order valence-corrected chi connectivity index (χ1v) is 7.73. The highest BCUT2D eigenvalue weighted by atomic mass is 16.5. The molecular weight excluding hydrogens is 274 g/mol. The molecule has 0 fully saturated rings. The van der Waals surface area contributed by atoms with E-state index >= 15 is 0 Å². The first kappa shape index (κ1) is 20.2. The van der Waals surface area contributed by atoms with E-state index in [1.165, 1.54) is 0 Å². The first-order chi connectivity index (χ1) is 10.5. The van der Waals surface area contributed by atoms with Gasteiger partial charge >= 0.3 is 0 Å². The smallest absolute Gasteiger partial charge is 0.142 e. The molecule has 0 rings (SSSR count). The molecule has 0 radical (unpaired) electrons. The van der Waals surface area contributed by atoms with Crippen LogP contribution in [0.5, 0.6) is 0 Å². The van der Waals surface area contributed by atoms with Crippen LogP contribution in [0.25, 0.3) is 0 Å². The fourth-order valence-corrected chi connectivity index (χ4v) is 1.58. The number of allylic oxidation sites excluding steroid dienone is 3. The summed E-state index contributed by atoms with van der Waals surface area (Å²) in [5.41, 5.74) is 2.67. The summed E-state index contributed by atoms with van der Waals surface area (Å²) in [6, 6.07) is 0. The third kappa shape index (κ3) is 8.47. The summed E-state index contributed by atoms with van der Waals surface area (Å²) in [7, 11) is 2.03. The Morgan fingerprint density at radius 1 is 1.32 bits per heavy atom. The van der Waals surface area contributed by atoms with E-state index in [1.54, 1.807) is 6.21 Å². The first-order valence-electron chi connectivity index (χ1n) is 7.73. The Bertz CT molecular complexity index is 436. The molecule has 124 valence electrons. The highest BCUT2D eigenvalue weighted by molar-refractivity contribution is 5.78. The van der Waals surface area contributed by atoms with Crippen molar-refractivity contribution in [3.8, 4) is 0 Å². The third-order valence-corrected chi connectivity index (χ3v) is 3.14. The van der Waals surface area contributed by atoms with Gasteiger partial charge in [-0.25, -0.2) is 0 Å². The molecule has 0 aromatic carbocycles. The third-order valence-electron chi connectivity index (χ3n) is 3.14. The van der Waals surface area contributed by atoms with Crippen molar-refractivity contribution in [2.45, 2.75) is 27.2 Å². The van der Waals surface area contributed by atoms with E-state index in [2.05, 4.69) is 34.9 Å². The maximum absolute atomic E-state index is 5.88. The average Bonchev–Trinajstić information content (AvgIpc) is 2.49. The molecule has 0 aromatic heterocycles. The molecule has 0 saturated heterocycles. The van der Waals surface area contributed by atoms with E-state index in [-0.39, 0.29) is 0 Å². The predicted octanol–water partition coefficient (Wildman–Crippen LogP) is 3.51. The Labute approximate surface area is 136 Å². The Hall–Kier alpha value is -1.81. The highest BCUT2D eigenvalue weighted by Gasteiger charge is 2.07. The fraction of sp³-hybridized carbons (Fsp3) is 0.500. The van der Waals surface area contributed by atoms with Crippen molar-refractivity contribution in [1.82, 2.24) is 10.2 Å². The van der Waals surface area contributed by atoms with Gasteiger partial charge in [-0.3, -0.25) is 9.89 Å². The van der Waals surface area contributed by atoms with Crippen LogP contribution in [0.2, 0.25) is 0 Å². The molecule has 0 spiro atoms. The SMILES string of the molecule is C=CCN(C)CCO/C(C=NCC)=C(/C)C(=C)NC(=C)CC. The summed E-state index contributed by atoms with van der Waals surface area (Å²) in [5, 5.41) is 3.19. The van der Waals surface area contributed by atoms with Crippen molar-refractivity contribution in [3.05, 3.63) is 48.5 Å². The lowest BCUT2D eigenvalue weighted by molar-refractivity contribution is 0.190. The van der Waals surface area contributed by atoms with Crippen LogP contribution in [0.1, 0.15) is 27.2 Å². The maximum Gasteiger partial charge on any atom is 0.142 e. The second-order valence-corrected chi connectivity index (χ2v) is 5.08. The number of hydrogen-bond donors (Lipinski definition) is 1. The molecule has 0 aromatic rings. The van der Waals surface area contributed by atoms with Gasteiger partial charge < -0.3 is 10.1 Å². The molecule has 0 atom stereocenters. The minimum Gasteiger partial charge on any atom is -0.490 e. The van der Waals surface area contributed by atoms with Crippen molar-refractivity contribution >= 4 is 6.21 Å². The number of aliphatic imine (C=N–C) groups is 1. The molecule has 0 unspecified atom stereocenters. The summed E-state index contributed by atoms with van der Waals surface area (Å²) in [4.78, 5) is 6.42. The second kappa shape index (κ2) is 11.8. The highest BCUT2D eigenvalue weighted by Crippen LogP contribution is 2.13. The lowest BCUT2D eigenvalue weighted by Crippen LogP contribution is -2.23. The van der Waals surface area contributed by atoms with Gasteiger partial charge in [0.15, 0.2) is 0 Å². The van der Waals surface area contributed by atoms with Gasteiger partial charge in [0.05, 0.1) is 6.21 Å². The van der Waals surface area contributed by atoms with Crippen LogP contribution in [0, 0.1) is 0 Å². The lowest BCUT2D eigenvalue weighted by Gasteiger charge is -2.17. The van der Waals surface area contributed by atoms with Crippen LogP contribution < -0.4 is 5.32 Å². The Kier molecular flexibility index (Phi) is 10.8. The Balaban J connectivity index is 4.82. The number of rotatable bonds is 12. The monoisotopic (exact) mass is 305 g/mol. The minimum absolute atomic E-state index is 0.592. The summed E-state index contributed by atoms with van der Waals surface area (Å²) in [5.74, 6) is 0.746. The van der Waals surface area contributed by atoms with Gasteiger partial charge in [-0.05, 0) is 27.3 Å². The number of nitrogens with one attached hydrogen (secondary N) is 1. The van der Waals surface area contributed by atoms with Crippen molar-refractivity contribution in [2.24, 2.45) is 4.99 Å². The molecule has 0 heterocycles. The van der Waals surface area contributed by atoms with Gasteiger partial charge in [0.2, 0.25) is 0 Å². The molecule has 0 amide bonds.